The molecule has 0 radical (unpaired) electrons. The molecule has 1 aliphatic heterocycles. The molecule has 4 rings (SSSR count). The minimum absolute atomic E-state index is 0.0899. The van der Waals surface area contributed by atoms with Crippen LogP contribution in [-0.2, 0) is 16.6 Å². The molecule has 10 heteroatoms. The van der Waals surface area contributed by atoms with Gasteiger partial charge in [0.05, 0.1) is 6.61 Å². The minimum Gasteiger partial charge on any atom is -0.487 e. The quantitative estimate of drug-likeness (QED) is 0.530. The second-order valence-electron chi connectivity index (χ2n) is 9.08. The number of aromatic nitrogens is 3. The average Bonchev–Trinajstić information content (AvgIpc) is 2.86. The largest absolute Gasteiger partial charge is 0.487 e. The standard InChI is InChI=1S/C25H31N5O4S/c1-18-13-30(19(2)16-31)35(32,33)25-5-4-21(22-11-27-17-28-12-22)10-23(25)34-24(18)15-29(3)14-20-6-8-26-9-7-20/h4-12,17-19,24,31H,13-16H2,1-3H3/t18-,19-,24-/m1/s1. The van der Waals surface area contributed by atoms with Crippen molar-refractivity contribution in [1.82, 2.24) is 24.2 Å². The third-order valence-corrected chi connectivity index (χ3v) is 8.27. The van der Waals surface area contributed by atoms with Crippen LogP contribution in [0, 0.1) is 5.92 Å². The number of benzene rings is 1. The molecule has 1 N–H and O–H groups in total. The van der Waals surface area contributed by atoms with Crippen LogP contribution >= 0.6 is 0 Å². The van der Waals surface area contributed by atoms with Crippen molar-refractivity contribution in [2.75, 3.05) is 26.7 Å². The molecule has 0 saturated heterocycles. The number of aliphatic hydroxyl groups is 1. The van der Waals surface area contributed by atoms with Crippen molar-refractivity contribution in [3.63, 3.8) is 0 Å². The molecule has 0 saturated carbocycles. The third-order valence-electron chi connectivity index (χ3n) is 6.25. The Kier molecular flexibility index (Phi) is 7.75. The van der Waals surface area contributed by atoms with Gasteiger partial charge in [-0.1, -0.05) is 13.0 Å². The first kappa shape index (κ1) is 25.2. The van der Waals surface area contributed by atoms with Gasteiger partial charge in [-0.05, 0) is 49.4 Å². The van der Waals surface area contributed by atoms with Crippen molar-refractivity contribution in [3.05, 3.63) is 67.0 Å². The van der Waals surface area contributed by atoms with Gasteiger partial charge in [-0.25, -0.2) is 18.4 Å². The molecule has 1 aromatic carbocycles. The van der Waals surface area contributed by atoms with Crippen LogP contribution in [0.4, 0.5) is 0 Å². The first-order valence-electron chi connectivity index (χ1n) is 11.6. The fourth-order valence-corrected chi connectivity index (χ4v) is 6.07. The third kappa shape index (κ3) is 5.67. The summed E-state index contributed by atoms with van der Waals surface area (Å²) in [6.45, 7) is 4.96. The first-order valence-corrected chi connectivity index (χ1v) is 13.0. The summed E-state index contributed by atoms with van der Waals surface area (Å²) in [6, 6.07) is 8.42. The van der Waals surface area contributed by atoms with Crippen LogP contribution in [0.1, 0.15) is 19.4 Å². The first-order chi connectivity index (χ1) is 16.8. The average molecular weight is 498 g/mol. The molecule has 3 heterocycles. The Labute approximate surface area is 206 Å². The molecule has 186 valence electrons. The Hall–Kier alpha value is -2.92. The fourth-order valence-electron chi connectivity index (χ4n) is 4.24. The van der Waals surface area contributed by atoms with Crippen molar-refractivity contribution in [2.24, 2.45) is 5.92 Å². The van der Waals surface area contributed by atoms with E-state index in [9.17, 15) is 13.5 Å². The van der Waals surface area contributed by atoms with Gasteiger partial charge in [-0.3, -0.25) is 9.88 Å². The predicted octanol–water partition coefficient (Wildman–Crippen LogP) is 2.44. The van der Waals surface area contributed by atoms with Crippen LogP contribution in [0.15, 0.2) is 66.3 Å². The number of likely N-dealkylation sites (N-methyl/N-ethyl adjacent to an activating group) is 1. The number of ether oxygens (including phenoxy) is 1. The van der Waals surface area contributed by atoms with Crippen LogP contribution in [0.3, 0.4) is 0 Å². The molecule has 0 spiro atoms. The number of nitrogens with zero attached hydrogens (tertiary/aromatic N) is 5. The Morgan fingerprint density at radius 1 is 1.14 bits per heavy atom. The monoisotopic (exact) mass is 497 g/mol. The summed E-state index contributed by atoms with van der Waals surface area (Å²) in [5, 5.41) is 9.82. The van der Waals surface area contributed by atoms with Crippen LogP contribution in [0.2, 0.25) is 0 Å². The van der Waals surface area contributed by atoms with E-state index in [2.05, 4.69) is 19.9 Å². The van der Waals surface area contributed by atoms with Gasteiger partial charge in [-0.15, -0.1) is 0 Å². The molecular weight excluding hydrogens is 466 g/mol. The van der Waals surface area contributed by atoms with E-state index in [1.807, 2.05) is 26.1 Å². The van der Waals surface area contributed by atoms with Gasteiger partial charge in [0.25, 0.3) is 0 Å². The van der Waals surface area contributed by atoms with Crippen LogP contribution in [0.5, 0.6) is 5.75 Å². The molecule has 0 aliphatic carbocycles. The lowest BCUT2D eigenvalue weighted by atomic mass is 10.0. The van der Waals surface area contributed by atoms with E-state index >= 15 is 0 Å². The molecule has 2 aromatic heterocycles. The summed E-state index contributed by atoms with van der Waals surface area (Å²) >= 11 is 0. The zero-order valence-corrected chi connectivity index (χ0v) is 21.0. The van der Waals surface area contributed by atoms with E-state index in [1.165, 1.54) is 10.6 Å². The molecule has 0 fully saturated rings. The lowest BCUT2D eigenvalue weighted by Gasteiger charge is -2.37. The molecule has 3 atom stereocenters. The highest BCUT2D eigenvalue weighted by Crippen LogP contribution is 2.36. The lowest BCUT2D eigenvalue weighted by Crippen LogP contribution is -2.49. The van der Waals surface area contributed by atoms with Crippen molar-refractivity contribution >= 4 is 10.0 Å². The van der Waals surface area contributed by atoms with E-state index < -0.39 is 16.1 Å². The Morgan fingerprint density at radius 3 is 2.54 bits per heavy atom. The lowest BCUT2D eigenvalue weighted by molar-refractivity contribution is 0.0734. The van der Waals surface area contributed by atoms with E-state index in [4.69, 9.17) is 4.74 Å². The van der Waals surface area contributed by atoms with Crippen LogP contribution in [-0.4, -0.2) is 76.6 Å². The normalized spacial score (nSPS) is 20.9. The van der Waals surface area contributed by atoms with E-state index in [0.29, 0.717) is 13.1 Å². The van der Waals surface area contributed by atoms with E-state index in [0.717, 1.165) is 16.7 Å². The molecular formula is C25H31N5O4S. The van der Waals surface area contributed by atoms with Crippen LogP contribution < -0.4 is 4.74 Å². The van der Waals surface area contributed by atoms with Gasteiger partial charge in [0.2, 0.25) is 10.0 Å². The summed E-state index contributed by atoms with van der Waals surface area (Å²) in [5.74, 6) is 0.158. The van der Waals surface area contributed by atoms with E-state index in [-0.39, 0.29) is 35.8 Å². The summed E-state index contributed by atoms with van der Waals surface area (Å²) in [5.41, 5.74) is 2.66. The van der Waals surface area contributed by atoms with Gasteiger partial charge >= 0.3 is 0 Å². The number of pyridine rings is 1. The van der Waals surface area contributed by atoms with Crippen molar-refractivity contribution < 1.29 is 18.3 Å². The highest BCUT2D eigenvalue weighted by molar-refractivity contribution is 7.89. The minimum atomic E-state index is -3.89. The molecule has 0 unspecified atom stereocenters. The van der Waals surface area contributed by atoms with Gasteiger partial charge in [0.1, 0.15) is 23.1 Å². The maximum Gasteiger partial charge on any atom is 0.247 e. The highest BCUT2D eigenvalue weighted by Gasteiger charge is 2.38. The van der Waals surface area contributed by atoms with E-state index in [1.54, 1.807) is 49.9 Å². The second-order valence-corrected chi connectivity index (χ2v) is 10.9. The Morgan fingerprint density at radius 2 is 1.86 bits per heavy atom. The summed E-state index contributed by atoms with van der Waals surface area (Å²) in [6.07, 6.45) is 8.04. The Balaban J connectivity index is 1.72. The molecule has 0 bridgehead atoms. The van der Waals surface area contributed by atoms with Gasteiger partial charge in [0, 0.05) is 61.9 Å². The molecule has 35 heavy (non-hydrogen) atoms. The zero-order valence-electron chi connectivity index (χ0n) is 20.2. The maximum atomic E-state index is 13.6. The van der Waals surface area contributed by atoms with Gasteiger partial charge in [-0.2, -0.15) is 4.31 Å². The predicted molar refractivity (Wildman–Crippen MR) is 132 cm³/mol. The SMILES string of the molecule is C[C@@H]1CN([C@H](C)CO)S(=O)(=O)c2ccc(-c3cncnc3)cc2O[C@@H]1CN(C)Cc1ccncc1. The maximum absolute atomic E-state index is 13.6. The molecule has 0 amide bonds. The van der Waals surface area contributed by atoms with Crippen molar-refractivity contribution in [3.8, 4) is 16.9 Å². The van der Waals surface area contributed by atoms with Crippen molar-refractivity contribution in [1.29, 1.82) is 0 Å². The summed E-state index contributed by atoms with van der Waals surface area (Å²) in [4.78, 5) is 14.5. The van der Waals surface area contributed by atoms with Crippen LogP contribution in [0.25, 0.3) is 11.1 Å². The molecule has 3 aromatic rings. The number of rotatable bonds is 7. The number of aliphatic hydroxyl groups excluding tert-OH is 1. The smallest absolute Gasteiger partial charge is 0.247 e. The Bertz CT molecular complexity index is 1230. The van der Waals surface area contributed by atoms with Gasteiger partial charge in [0.15, 0.2) is 0 Å². The highest BCUT2D eigenvalue weighted by atomic mass is 32.2. The molecule has 9 nitrogen and oxygen atoms in total. The number of hydrogen-bond acceptors (Lipinski definition) is 8. The number of fused-ring (bicyclic) bond motifs is 1. The number of sulfonamides is 1. The topological polar surface area (TPSA) is 109 Å². The summed E-state index contributed by atoms with van der Waals surface area (Å²) in [7, 11) is -1.88. The van der Waals surface area contributed by atoms with Crippen molar-refractivity contribution in [2.45, 2.75) is 37.4 Å². The fraction of sp³-hybridized carbons (Fsp3) is 0.400. The molecule has 1 aliphatic rings. The summed E-state index contributed by atoms with van der Waals surface area (Å²) < 4.78 is 35.1. The zero-order chi connectivity index (χ0) is 25.0. The number of hydrogen-bond donors (Lipinski definition) is 1. The second kappa shape index (κ2) is 10.8. The van der Waals surface area contributed by atoms with Gasteiger partial charge < -0.3 is 9.84 Å².